The van der Waals surface area contributed by atoms with Gasteiger partial charge in [-0.05, 0) is 18.9 Å². The molecule has 0 saturated carbocycles. The molecule has 0 bridgehead atoms. The molecule has 0 radical (unpaired) electrons. The van der Waals surface area contributed by atoms with Gasteiger partial charge in [-0.3, -0.25) is 4.79 Å². The zero-order valence-corrected chi connectivity index (χ0v) is 9.17. The number of hydrogen-bond acceptors (Lipinski definition) is 2. The number of nitrogens with two attached hydrogens (primary N) is 1. The molecule has 0 aromatic heterocycles. The highest BCUT2D eigenvalue weighted by Gasteiger charge is 2.27. The lowest BCUT2D eigenvalue weighted by Crippen LogP contribution is -2.27. The molecule has 82 valence electrons. The van der Waals surface area contributed by atoms with E-state index in [0.717, 1.165) is 19.5 Å². The molecular weight excluding hydrogens is 176 g/mol. The number of carbonyl (C=O) groups is 1. The Balaban J connectivity index is 2.15. The summed E-state index contributed by atoms with van der Waals surface area (Å²) in [7, 11) is 0. The largest absolute Gasteiger partial charge is 0.342 e. The quantitative estimate of drug-likeness (QED) is 0.655. The molecule has 0 aromatic carbocycles. The number of likely N-dealkylation sites (tertiary alicyclic amines) is 1. The first-order valence-corrected chi connectivity index (χ1v) is 5.75. The van der Waals surface area contributed by atoms with Crippen LogP contribution in [0.4, 0.5) is 0 Å². The van der Waals surface area contributed by atoms with Crippen LogP contribution in [-0.2, 0) is 4.79 Å². The molecule has 1 rings (SSSR count). The van der Waals surface area contributed by atoms with Gasteiger partial charge < -0.3 is 10.6 Å². The van der Waals surface area contributed by atoms with Crippen LogP contribution < -0.4 is 5.73 Å². The number of unbranched alkanes of at least 4 members (excludes halogenated alkanes) is 3. The van der Waals surface area contributed by atoms with Crippen molar-refractivity contribution in [2.75, 3.05) is 19.6 Å². The molecule has 0 aliphatic carbocycles. The van der Waals surface area contributed by atoms with Gasteiger partial charge >= 0.3 is 0 Å². The van der Waals surface area contributed by atoms with Crippen LogP contribution in [0.2, 0.25) is 0 Å². The molecule has 1 fully saturated rings. The highest BCUT2D eigenvalue weighted by molar-refractivity contribution is 5.78. The van der Waals surface area contributed by atoms with Crippen molar-refractivity contribution in [3.63, 3.8) is 0 Å². The van der Waals surface area contributed by atoms with Gasteiger partial charge in [0.25, 0.3) is 0 Å². The minimum absolute atomic E-state index is 0.303. The van der Waals surface area contributed by atoms with Gasteiger partial charge in [0, 0.05) is 19.5 Å². The van der Waals surface area contributed by atoms with Crippen LogP contribution in [-0.4, -0.2) is 30.4 Å². The van der Waals surface area contributed by atoms with Crippen molar-refractivity contribution in [1.82, 2.24) is 4.90 Å². The lowest BCUT2D eigenvalue weighted by atomic mass is 10.1. The van der Waals surface area contributed by atoms with E-state index in [2.05, 4.69) is 6.92 Å². The van der Waals surface area contributed by atoms with E-state index in [9.17, 15) is 4.79 Å². The fourth-order valence-electron chi connectivity index (χ4n) is 1.96. The van der Waals surface area contributed by atoms with Crippen LogP contribution in [0.5, 0.6) is 0 Å². The molecule has 14 heavy (non-hydrogen) atoms. The van der Waals surface area contributed by atoms with E-state index < -0.39 is 0 Å². The smallest absolute Gasteiger partial charge is 0.222 e. The van der Waals surface area contributed by atoms with E-state index in [-0.39, 0.29) is 0 Å². The zero-order chi connectivity index (χ0) is 10.4. The molecule has 3 nitrogen and oxygen atoms in total. The Kier molecular flexibility index (Phi) is 4.94. The summed E-state index contributed by atoms with van der Waals surface area (Å²) in [5, 5.41) is 0. The van der Waals surface area contributed by atoms with Crippen molar-refractivity contribution < 1.29 is 4.79 Å². The van der Waals surface area contributed by atoms with Gasteiger partial charge in [-0.15, -0.1) is 0 Å². The summed E-state index contributed by atoms with van der Waals surface area (Å²) in [6.45, 7) is 4.68. The normalized spacial score (nSPS) is 22.0. The predicted molar refractivity (Wildman–Crippen MR) is 57.9 cm³/mol. The van der Waals surface area contributed by atoms with Crippen LogP contribution >= 0.6 is 0 Å². The molecule has 0 spiro atoms. The lowest BCUT2D eigenvalue weighted by molar-refractivity contribution is -0.127. The maximum Gasteiger partial charge on any atom is 0.222 e. The number of rotatable bonds is 6. The number of carbonyl (C=O) groups excluding carboxylic acids is 1. The van der Waals surface area contributed by atoms with Gasteiger partial charge in [0.1, 0.15) is 0 Å². The monoisotopic (exact) mass is 198 g/mol. The maximum absolute atomic E-state index is 11.5. The predicted octanol–water partition coefficient (Wildman–Crippen LogP) is 1.37. The summed E-state index contributed by atoms with van der Waals surface area (Å²) in [5.74, 6) is 0.714. The molecular formula is C11H22N2O. The van der Waals surface area contributed by atoms with Crippen LogP contribution in [0.3, 0.4) is 0 Å². The second-order valence-electron chi connectivity index (χ2n) is 4.21. The third kappa shape index (κ3) is 3.29. The Morgan fingerprint density at radius 2 is 2.21 bits per heavy atom. The minimum atomic E-state index is 0.303. The third-order valence-electron chi connectivity index (χ3n) is 2.91. The van der Waals surface area contributed by atoms with Crippen molar-refractivity contribution in [3.8, 4) is 0 Å². The summed E-state index contributed by atoms with van der Waals surface area (Å²) in [5.41, 5.74) is 5.56. The van der Waals surface area contributed by atoms with Crippen LogP contribution in [0.25, 0.3) is 0 Å². The first-order chi connectivity index (χ1) is 6.77. The summed E-state index contributed by atoms with van der Waals surface area (Å²) >= 11 is 0. The van der Waals surface area contributed by atoms with E-state index >= 15 is 0 Å². The summed E-state index contributed by atoms with van der Waals surface area (Å²) in [6, 6.07) is 0. The molecule has 1 amide bonds. The van der Waals surface area contributed by atoms with Gasteiger partial charge in [-0.2, -0.15) is 0 Å². The SMILES string of the molecule is CCCCCCN1CC(CN)CC1=O. The van der Waals surface area contributed by atoms with Crippen molar-refractivity contribution in [3.05, 3.63) is 0 Å². The molecule has 2 N–H and O–H groups in total. The average molecular weight is 198 g/mol. The molecule has 1 saturated heterocycles. The Labute approximate surface area is 86.6 Å². The first-order valence-electron chi connectivity index (χ1n) is 5.75. The van der Waals surface area contributed by atoms with E-state index in [1.54, 1.807) is 0 Å². The van der Waals surface area contributed by atoms with E-state index in [4.69, 9.17) is 5.73 Å². The Hall–Kier alpha value is -0.570. The van der Waals surface area contributed by atoms with Gasteiger partial charge in [-0.1, -0.05) is 26.2 Å². The Morgan fingerprint density at radius 3 is 2.79 bits per heavy atom. The minimum Gasteiger partial charge on any atom is -0.342 e. The van der Waals surface area contributed by atoms with Gasteiger partial charge in [0.05, 0.1) is 0 Å². The molecule has 0 aromatic rings. The number of hydrogen-bond donors (Lipinski definition) is 1. The van der Waals surface area contributed by atoms with E-state index in [1.807, 2.05) is 4.90 Å². The van der Waals surface area contributed by atoms with E-state index in [0.29, 0.717) is 24.8 Å². The van der Waals surface area contributed by atoms with Crippen LogP contribution in [0.1, 0.15) is 39.0 Å². The molecule has 1 unspecified atom stereocenters. The molecule has 1 heterocycles. The number of nitrogens with zero attached hydrogens (tertiary/aromatic N) is 1. The first kappa shape index (κ1) is 11.5. The van der Waals surface area contributed by atoms with Crippen molar-refractivity contribution >= 4 is 5.91 Å². The lowest BCUT2D eigenvalue weighted by Gasteiger charge is -2.15. The summed E-state index contributed by atoms with van der Waals surface area (Å²) < 4.78 is 0. The highest BCUT2D eigenvalue weighted by Crippen LogP contribution is 2.17. The summed E-state index contributed by atoms with van der Waals surface area (Å²) in [6.07, 6.45) is 5.59. The maximum atomic E-state index is 11.5. The van der Waals surface area contributed by atoms with Gasteiger partial charge in [0.15, 0.2) is 0 Å². The zero-order valence-electron chi connectivity index (χ0n) is 9.17. The van der Waals surface area contributed by atoms with Crippen molar-refractivity contribution in [2.45, 2.75) is 39.0 Å². The fraction of sp³-hybridized carbons (Fsp3) is 0.909. The molecule has 1 atom stereocenters. The van der Waals surface area contributed by atoms with Crippen LogP contribution in [0, 0.1) is 5.92 Å². The molecule has 1 aliphatic rings. The average Bonchev–Trinajstić information content (AvgIpc) is 2.54. The van der Waals surface area contributed by atoms with Gasteiger partial charge in [-0.25, -0.2) is 0 Å². The van der Waals surface area contributed by atoms with E-state index in [1.165, 1.54) is 19.3 Å². The molecule has 3 heteroatoms. The highest BCUT2D eigenvalue weighted by atomic mass is 16.2. The Bertz CT molecular complexity index is 182. The van der Waals surface area contributed by atoms with Gasteiger partial charge in [0.2, 0.25) is 5.91 Å². The topological polar surface area (TPSA) is 46.3 Å². The fourth-order valence-corrected chi connectivity index (χ4v) is 1.96. The second-order valence-corrected chi connectivity index (χ2v) is 4.21. The Morgan fingerprint density at radius 1 is 1.43 bits per heavy atom. The van der Waals surface area contributed by atoms with Crippen LogP contribution in [0.15, 0.2) is 0 Å². The molecule has 1 aliphatic heterocycles. The number of amides is 1. The van der Waals surface area contributed by atoms with Crippen molar-refractivity contribution in [2.24, 2.45) is 11.7 Å². The van der Waals surface area contributed by atoms with Crippen molar-refractivity contribution in [1.29, 1.82) is 0 Å². The summed E-state index contributed by atoms with van der Waals surface area (Å²) in [4.78, 5) is 13.5. The second kappa shape index (κ2) is 6.02. The standard InChI is InChI=1S/C11H22N2O/c1-2-3-4-5-6-13-9-10(8-12)7-11(13)14/h10H,2-9,12H2,1H3. The third-order valence-corrected chi connectivity index (χ3v) is 2.91.